The summed E-state index contributed by atoms with van der Waals surface area (Å²) in [6, 6.07) is 16.0. The number of hydrogen-bond acceptors (Lipinski definition) is 5. The minimum Gasteiger partial charge on any atom is -0.486 e. The van der Waals surface area contributed by atoms with E-state index in [1.54, 1.807) is 0 Å². The molecule has 5 nitrogen and oxygen atoms in total. The second-order valence-corrected chi connectivity index (χ2v) is 7.74. The van der Waals surface area contributed by atoms with Crippen molar-refractivity contribution in [2.75, 3.05) is 57.3 Å². The molecule has 2 aliphatic heterocycles. The summed E-state index contributed by atoms with van der Waals surface area (Å²) in [5.41, 5.74) is 1.15. The van der Waals surface area contributed by atoms with E-state index in [1.807, 2.05) is 36.4 Å². The highest BCUT2D eigenvalue weighted by Crippen LogP contribution is 2.30. The van der Waals surface area contributed by atoms with Gasteiger partial charge in [0.15, 0.2) is 11.5 Å². The van der Waals surface area contributed by atoms with Crippen LogP contribution in [0.1, 0.15) is 6.42 Å². The largest absolute Gasteiger partial charge is 0.486 e. The molecular formula is C22H28ClN3O2. The van der Waals surface area contributed by atoms with Crippen molar-refractivity contribution in [2.24, 2.45) is 0 Å². The van der Waals surface area contributed by atoms with Crippen LogP contribution in [-0.2, 0) is 0 Å². The summed E-state index contributed by atoms with van der Waals surface area (Å²) in [6.07, 6.45) is 1.21. The molecule has 2 aromatic carbocycles. The van der Waals surface area contributed by atoms with E-state index in [9.17, 15) is 0 Å². The molecule has 28 heavy (non-hydrogen) atoms. The van der Waals surface area contributed by atoms with Crippen LogP contribution in [0.2, 0.25) is 5.02 Å². The van der Waals surface area contributed by atoms with E-state index in [-0.39, 0.29) is 6.10 Å². The molecule has 1 unspecified atom stereocenters. The van der Waals surface area contributed by atoms with Crippen LogP contribution in [0.25, 0.3) is 0 Å². The van der Waals surface area contributed by atoms with E-state index >= 15 is 0 Å². The predicted octanol–water partition coefficient (Wildman–Crippen LogP) is 3.28. The Morgan fingerprint density at radius 3 is 2.54 bits per heavy atom. The number of halogens is 1. The summed E-state index contributed by atoms with van der Waals surface area (Å²) in [7, 11) is 0. The molecule has 0 spiro atoms. The third-order valence-corrected chi connectivity index (χ3v) is 5.65. The van der Waals surface area contributed by atoms with Crippen LogP contribution < -0.4 is 19.7 Å². The smallest absolute Gasteiger partial charge is 0.161 e. The third-order valence-electron chi connectivity index (χ3n) is 5.33. The van der Waals surface area contributed by atoms with Crippen LogP contribution in [-0.4, -0.2) is 63.4 Å². The summed E-state index contributed by atoms with van der Waals surface area (Å²) in [4.78, 5) is 4.92. The van der Waals surface area contributed by atoms with Crippen LogP contribution in [0, 0.1) is 0 Å². The number of fused-ring (bicyclic) bond motifs is 1. The van der Waals surface area contributed by atoms with Crippen molar-refractivity contribution in [2.45, 2.75) is 12.5 Å². The SMILES string of the molecule is Clc1ccccc1N1CCN(CCCNCC2COc3ccccc3O2)CC1. The second kappa shape index (κ2) is 9.50. The number of benzene rings is 2. The van der Waals surface area contributed by atoms with Crippen LogP contribution in [0.3, 0.4) is 0 Å². The fourth-order valence-corrected chi connectivity index (χ4v) is 4.03. The van der Waals surface area contributed by atoms with E-state index in [2.05, 4.69) is 27.2 Å². The second-order valence-electron chi connectivity index (χ2n) is 7.34. The number of nitrogens with zero attached hydrogens (tertiary/aromatic N) is 2. The van der Waals surface area contributed by atoms with Gasteiger partial charge in [-0.15, -0.1) is 0 Å². The van der Waals surface area contributed by atoms with Crippen molar-refractivity contribution in [1.82, 2.24) is 10.2 Å². The Bertz CT molecular complexity index is 765. The summed E-state index contributed by atoms with van der Waals surface area (Å²) in [6.45, 7) is 7.76. The molecule has 1 fully saturated rings. The van der Waals surface area contributed by atoms with Gasteiger partial charge in [-0.1, -0.05) is 35.9 Å². The molecule has 2 aliphatic rings. The maximum atomic E-state index is 6.32. The zero-order chi connectivity index (χ0) is 19.2. The van der Waals surface area contributed by atoms with Crippen LogP contribution >= 0.6 is 11.6 Å². The fraction of sp³-hybridized carbons (Fsp3) is 0.455. The van der Waals surface area contributed by atoms with Gasteiger partial charge in [-0.05, 0) is 43.8 Å². The Hall–Kier alpha value is -1.95. The molecule has 150 valence electrons. The Kier molecular flexibility index (Phi) is 6.57. The molecule has 4 rings (SSSR count). The molecule has 1 atom stereocenters. The van der Waals surface area contributed by atoms with Crippen molar-refractivity contribution in [3.8, 4) is 11.5 Å². The van der Waals surface area contributed by atoms with Crippen LogP contribution in [0.5, 0.6) is 11.5 Å². The first-order valence-corrected chi connectivity index (χ1v) is 10.5. The summed E-state index contributed by atoms with van der Waals surface area (Å²) in [5.74, 6) is 1.69. The lowest BCUT2D eigenvalue weighted by Gasteiger charge is -2.36. The van der Waals surface area contributed by atoms with E-state index in [0.717, 1.165) is 74.4 Å². The molecule has 1 N–H and O–H groups in total. The minimum absolute atomic E-state index is 0.0778. The first-order valence-electron chi connectivity index (χ1n) is 10.1. The molecule has 1 saturated heterocycles. The maximum absolute atomic E-state index is 6.32. The number of hydrogen-bond donors (Lipinski definition) is 1. The van der Waals surface area contributed by atoms with Gasteiger partial charge in [0.1, 0.15) is 12.7 Å². The molecular weight excluding hydrogens is 374 g/mol. The fourth-order valence-electron chi connectivity index (χ4n) is 3.77. The van der Waals surface area contributed by atoms with Crippen molar-refractivity contribution >= 4 is 17.3 Å². The molecule has 0 aromatic heterocycles. The highest BCUT2D eigenvalue weighted by molar-refractivity contribution is 6.33. The molecule has 0 bridgehead atoms. The standard InChI is InChI=1S/C22H28ClN3O2/c23-19-6-1-2-7-20(19)26-14-12-25(13-15-26)11-5-10-24-16-18-17-27-21-8-3-4-9-22(21)28-18/h1-4,6-9,18,24H,5,10-17H2. The lowest BCUT2D eigenvalue weighted by Crippen LogP contribution is -2.47. The quantitative estimate of drug-likeness (QED) is 0.720. The molecule has 6 heteroatoms. The van der Waals surface area contributed by atoms with Gasteiger partial charge in [0.25, 0.3) is 0 Å². The van der Waals surface area contributed by atoms with Crippen molar-refractivity contribution in [3.05, 3.63) is 53.6 Å². The number of nitrogens with one attached hydrogen (secondary N) is 1. The monoisotopic (exact) mass is 401 g/mol. The first kappa shape index (κ1) is 19.4. The summed E-state index contributed by atoms with van der Waals surface area (Å²) in [5, 5.41) is 4.35. The molecule has 2 heterocycles. The van der Waals surface area contributed by atoms with Gasteiger partial charge in [0.05, 0.1) is 10.7 Å². The summed E-state index contributed by atoms with van der Waals surface area (Å²) < 4.78 is 11.7. The lowest BCUT2D eigenvalue weighted by molar-refractivity contribution is 0.0903. The third kappa shape index (κ3) is 4.90. The Morgan fingerprint density at radius 1 is 0.964 bits per heavy atom. The van der Waals surface area contributed by atoms with Gasteiger partial charge < -0.3 is 19.7 Å². The van der Waals surface area contributed by atoms with Gasteiger partial charge in [0.2, 0.25) is 0 Å². The summed E-state index contributed by atoms with van der Waals surface area (Å²) >= 11 is 6.32. The number of rotatable bonds is 7. The zero-order valence-corrected chi connectivity index (χ0v) is 16.9. The minimum atomic E-state index is 0.0778. The Labute approximate surface area is 172 Å². The van der Waals surface area contributed by atoms with Gasteiger partial charge >= 0.3 is 0 Å². The van der Waals surface area contributed by atoms with Crippen LogP contribution in [0.15, 0.2) is 48.5 Å². The number of piperazine rings is 1. The average molecular weight is 402 g/mol. The van der Waals surface area contributed by atoms with Gasteiger partial charge in [0, 0.05) is 32.7 Å². The normalized spacial score (nSPS) is 19.6. The van der Waals surface area contributed by atoms with E-state index < -0.39 is 0 Å². The number of ether oxygens (including phenoxy) is 2. The van der Waals surface area contributed by atoms with E-state index in [0.29, 0.717) is 6.61 Å². The topological polar surface area (TPSA) is 37.0 Å². The van der Waals surface area contributed by atoms with Crippen molar-refractivity contribution < 1.29 is 9.47 Å². The molecule has 0 aliphatic carbocycles. The molecule has 2 aromatic rings. The predicted molar refractivity (Wildman–Crippen MR) is 114 cm³/mol. The first-order chi connectivity index (χ1) is 13.8. The maximum Gasteiger partial charge on any atom is 0.161 e. The lowest BCUT2D eigenvalue weighted by atomic mass is 10.2. The Balaban J connectivity index is 1.11. The number of anilines is 1. The average Bonchev–Trinajstić information content (AvgIpc) is 2.74. The highest BCUT2D eigenvalue weighted by atomic mass is 35.5. The van der Waals surface area contributed by atoms with Gasteiger partial charge in [-0.25, -0.2) is 0 Å². The molecule has 0 amide bonds. The molecule has 0 saturated carbocycles. The zero-order valence-electron chi connectivity index (χ0n) is 16.1. The van der Waals surface area contributed by atoms with Crippen molar-refractivity contribution in [1.29, 1.82) is 0 Å². The number of para-hydroxylation sites is 3. The van der Waals surface area contributed by atoms with Gasteiger partial charge in [-0.3, -0.25) is 4.90 Å². The van der Waals surface area contributed by atoms with Gasteiger partial charge in [-0.2, -0.15) is 0 Å². The molecule has 0 radical (unpaired) electrons. The van der Waals surface area contributed by atoms with E-state index in [4.69, 9.17) is 21.1 Å². The van der Waals surface area contributed by atoms with Crippen LogP contribution in [0.4, 0.5) is 5.69 Å². The Morgan fingerprint density at radius 2 is 1.71 bits per heavy atom. The van der Waals surface area contributed by atoms with E-state index in [1.165, 1.54) is 0 Å². The van der Waals surface area contributed by atoms with Crippen molar-refractivity contribution in [3.63, 3.8) is 0 Å². The highest BCUT2D eigenvalue weighted by Gasteiger charge is 2.20.